The van der Waals surface area contributed by atoms with E-state index in [1.807, 2.05) is 4.90 Å². The minimum absolute atomic E-state index is 0.00912. The molecular weight excluding hydrogens is 352 g/mol. The molecule has 2 aromatic rings. The molecule has 146 valence electrons. The normalized spacial score (nSPS) is 24.9. The molecule has 2 aliphatic carbocycles. The first kappa shape index (κ1) is 17.3. The number of hydrogen-bond acceptors (Lipinski definition) is 3. The highest BCUT2D eigenvalue weighted by Gasteiger charge is 2.36. The van der Waals surface area contributed by atoms with Gasteiger partial charge in [0.1, 0.15) is 5.75 Å². The molecule has 1 aromatic carbocycles. The summed E-state index contributed by atoms with van der Waals surface area (Å²) >= 11 is 0. The Bertz CT molecular complexity index is 959. The maximum atomic E-state index is 12.6. The van der Waals surface area contributed by atoms with Crippen molar-refractivity contribution >= 4 is 18.2 Å². The molecule has 1 aromatic heterocycles. The van der Waals surface area contributed by atoms with Crippen LogP contribution in [0.3, 0.4) is 0 Å². The fraction of sp³-hybridized carbons (Fsp3) is 0.455. The number of nitrogens with zero attached hydrogens (tertiary/aromatic N) is 2. The Labute approximate surface area is 164 Å². The van der Waals surface area contributed by atoms with Crippen molar-refractivity contribution < 1.29 is 9.53 Å². The van der Waals surface area contributed by atoms with Crippen molar-refractivity contribution in [1.82, 2.24) is 20.2 Å². The van der Waals surface area contributed by atoms with Crippen LogP contribution in [0.5, 0.6) is 5.75 Å². The van der Waals surface area contributed by atoms with E-state index in [1.165, 1.54) is 19.3 Å². The number of H-pyrrole nitrogens is 1. The van der Waals surface area contributed by atoms with Gasteiger partial charge in [0, 0.05) is 6.54 Å². The highest BCUT2D eigenvalue weighted by molar-refractivity contribution is 5.79. The lowest BCUT2D eigenvalue weighted by molar-refractivity contribution is 0.155. The number of benzene rings is 1. The molecule has 2 N–H and O–H groups in total. The zero-order valence-corrected chi connectivity index (χ0v) is 15.9. The summed E-state index contributed by atoms with van der Waals surface area (Å²) in [6, 6.07) is 8.34. The molecule has 1 saturated heterocycles. The second-order valence-electron chi connectivity index (χ2n) is 7.93. The molecule has 2 fully saturated rings. The van der Waals surface area contributed by atoms with Crippen LogP contribution in [0, 0.1) is 0 Å². The third-order valence-electron chi connectivity index (χ3n) is 6.11. The van der Waals surface area contributed by atoms with Crippen molar-refractivity contribution in [3.63, 3.8) is 0 Å². The zero-order valence-electron chi connectivity index (χ0n) is 15.9. The summed E-state index contributed by atoms with van der Waals surface area (Å²) in [5.74, 6) is 0.930. The SMILES string of the molecule is O=C1NCC(c2ccc(OC3CCCCC3)cc2)N1C1C=c2[nH]cnc2=CC1. The molecule has 0 bridgehead atoms. The lowest BCUT2D eigenvalue weighted by Gasteiger charge is -2.30. The van der Waals surface area contributed by atoms with Crippen molar-refractivity contribution in [2.75, 3.05) is 6.54 Å². The Hall–Kier alpha value is -2.76. The van der Waals surface area contributed by atoms with Gasteiger partial charge in [-0.25, -0.2) is 9.78 Å². The third kappa shape index (κ3) is 3.28. The first-order valence-electron chi connectivity index (χ1n) is 10.3. The number of aromatic amines is 1. The first-order chi connectivity index (χ1) is 13.8. The molecule has 0 spiro atoms. The van der Waals surface area contributed by atoms with Crippen molar-refractivity contribution in [3.8, 4) is 5.75 Å². The van der Waals surface area contributed by atoms with Crippen LogP contribution in [0.25, 0.3) is 12.2 Å². The second kappa shape index (κ2) is 7.34. The van der Waals surface area contributed by atoms with E-state index in [2.05, 4.69) is 51.7 Å². The summed E-state index contributed by atoms with van der Waals surface area (Å²) in [7, 11) is 0. The number of fused-ring (bicyclic) bond motifs is 1. The maximum Gasteiger partial charge on any atom is 0.318 e. The van der Waals surface area contributed by atoms with E-state index in [1.54, 1.807) is 6.33 Å². The Morgan fingerprint density at radius 1 is 1.11 bits per heavy atom. The molecule has 2 atom stereocenters. The quantitative estimate of drug-likeness (QED) is 0.857. The molecule has 2 amide bonds. The Morgan fingerprint density at radius 2 is 1.93 bits per heavy atom. The van der Waals surface area contributed by atoms with Crippen LogP contribution >= 0.6 is 0 Å². The molecular formula is C22H26N4O2. The van der Waals surface area contributed by atoms with Gasteiger partial charge in [-0.1, -0.05) is 24.6 Å². The van der Waals surface area contributed by atoms with Gasteiger partial charge < -0.3 is 19.9 Å². The average Bonchev–Trinajstić information content (AvgIpc) is 3.35. The number of aromatic nitrogens is 2. The second-order valence-corrected chi connectivity index (χ2v) is 7.93. The van der Waals surface area contributed by atoms with E-state index in [0.29, 0.717) is 12.6 Å². The minimum Gasteiger partial charge on any atom is -0.490 e. The van der Waals surface area contributed by atoms with Gasteiger partial charge in [-0.3, -0.25) is 0 Å². The van der Waals surface area contributed by atoms with Crippen LogP contribution in [-0.2, 0) is 0 Å². The largest absolute Gasteiger partial charge is 0.490 e. The minimum atomic E-state index is -0.00912. The lowest BCUT2D eigenvalue weighted by atomic mass is 9.97. The van der Waals surface area contributed by atoms with E-state index in [0.717, 1.165) is 41.3 Å². The summed E-state index contributed by atoms with van der Waals surface area (Å²) in [6.45, 7) is 0.627. The van der Waals surface area contributed by atoms with E-state index < -0.39 is 0 Å². The van der Waals surface area contributed by atoms with Crippen LogP contribution in [0.15, 0.2) is 30.6 Å². The Kier molecular flexibility index (Phi) is 4.55. The van der Waals surface area contributed by atoms with Crippen molar-refractivity contribution in [3.05, 3.63) is 46.9 Å². The van der Waals surface area contributed by atoms with Crippen LogP contribution < -0.4 is 20.8 Å². The monoisotopic (exact) mass is 378 g/mol. The summed E-state index contributed by atoms with van der Waals surface area (Å²) in [6.07, 6.45) is 13.2. The van der Waals surface area contributed by atoms with Gasteiger partial charge in [0.05, 0.1) is 35.2 Å². The van der Waals surface area contributed by atoms with Crippen LogP contribution in [-0.4, -0.2) is 39.6 Å². The maximum absolute atomic E-state index is 12.6. The van der Waals surface area contributed by atoms with E-state index in [-0.39, 0.29) is 18.1 Å². The highest BCUT2D eigenvalue weighted by atomic mass is 16.5. The summed E-state index contributed by atoms with van der Waals surface area (Å²) < 4.78 is 6.15. The molecule has 6 heteroatoms. The molecule has 0 radical (unpaired) electrons. The van der Waals surface area contributed by atoms with E-state index in [9.17, 15) is 4.79 Å². The fourth-order valence-corrected chi connectivity index (χ4v) is 4.62. The van der Waals surface area contributed by atoms with Crippen molar-refractivity contribution in [1.29, 1.82) is 0 Å². The number of ether oxygens (including phenoxy) is 1. The molecule has 1 aliphatic heterocycles. The number of rotatable bonds is 4. The molecule has 2 heterocycles. The van der Waals surface area contributed by atoms with Gasteiger partial charge in [0.25, 0.3) is 0 Å². The molecule has 5 rings (SSSR count). The zero-order chi connectivity index (χ0) is 18.9. The predicted molar refractivity (Wildman–Crippen MR) is 107 cm³/mol. The Morgan fingerprint density at radius 3 is 2.75 bits per heavy atom. The van der Waals surface area contributed by atoms with Gasteiger partial charge in [-0.05, 0) is 55.9 Å². The average molecular weight is 378 g/mol. The van der Waals surface area contributed by atoms with Crippen molar-refractivity contribution in [2.24, 2.45) is 0 Å². The van der Waals surface area contributed by atoms with Gasteiger partial charge in [-0.15, -0.1) is 0 Å². The number of nitrogens with one attached hydrogen (secondary N) is 2. The topological polar surface area (TPSA) is 70.2 Å². The van der Waals surface area contributed by atoms with E-state index >= 15 is 0 Å². The molecule has 2 unspecified atom stereocenters. The Balaban J connectivity index is 1.34. The van der Waals surface area contributed by atoms with Crippen LogP contribution in [0.1, 0.15) is 50.1 Å². The van der Waals surface area contributed by atoms with Gasteiger partial charge >= 0.3 is 6.03 Å². The van der Waals surface area contributed by atoms with Crippen LogP contribution in [0.4, 0.5) is 4.79 Å². The third-order valence-corrected chi connectivity index (χ3v) is 6.11. The standard InChI is InChI=1S/C22H26N4O2/c27-22-23-13-21(26(22)16-8-11-19-20(12-16)25-14-24-19)15-6-9-18(10-7-15)28-17-4-2-1-3-5-17/h6-7,9-12,14,16-17,21H,1-5,8,13H2,(H,23,27)(H,24,25). The summed E-state index contributed by atoms with van der Waals surface area (Å²) in [4.78, 5) is 22.0. The van der Waals surface area contributed by atoms with Crippen molar-refractivity contribution in [2.45, 2.75) is 56.7 Å². The first-order valence-corrected chi connectivity index (χ1v) is 10.3. The molecule has 28 heavy (non-hydrogen) atoms. The number of amides is 2. The predicted octanol–water partition coefficient (Wildman–Crippen LogP) is 2.22. The number of hydrogen-bond donors (Lipinski definition) is 2. The van der Waals surface area contributed by atoms with E-state index in [4.69, 9.17) is 4.74 Å². The highest BCUT2D eigenvalue weighted by Crippen LogP contribution is 2.31. The van der Waals surface area contributed by atoms with Gasteiger partial charge in [0.15, 0.2) is 0 Å². The number of carbonyl (C=O) groups excluding carboxylic acids is 1. The fourth-order valence-electron chi connectivity index (χ4n) is 4.62. The van der Waals surface area contributed by atoms with Crippen LogP contribution in [0.2, 0.25) is 0 Å². The number of imidazole rings is 1. The smallest absolute Gasteiger partial charge is 0.318 e. The molecule has 6 nitrogen and oxygen atoms in total. The van der Waals surface area contributed by atoms with Gasteiger partial charge in [-0.2, -0.15) is 0 Å². The summed E-state index contributed by atoms with van der Waals surface area (Å²) in [5.41, 5.74) is 1.14. The molecule has 1 saturated carbocycles. The number of urea groups is 1. The number of carbonyl (C=O) groups is 1. The molecule has 3 aliphatic rings. The van der Waals surface area contributed by atoms with Gasteiger partial charge in [0.2, 0.25) is 0 Å². The lowest BCUT2D eigenvalue weighted by Crippen LogP contribution is -2.42. The summed E-state index contributed by atoms with van der Waals surface area (Å²) in [5, 5.41) is 4.97.